The van der Waals surface area contributed by atoms with Gasteiger partial charge in [-0.1, -0.05) is 41.9 Å². The molecule has 2 aliphatic rings. The molecule has 1 saturated carbocycles. The van der Waals surface area contributed by atoms with Gasteiger partial charge < -0.3 is 14.6 Å². The summed E-state index contributed by atoms with van der Waals surface area (Å²) in [4.78, 5) is 4.70. The van der Waals surface area contributed by atoms with Crippen molar-refractivity contribution in [2.24, 2.45) is 0 Å². The second-order valence-corrected chi connectivity index (χ2v) is 6.34. The third-order valence-electron chi connectivity index (χ3n) is 4.82. The van der Waals surface area contributed by atoms with E-state index in [1.165, 1.54) is 12.0 Å². The molecule has 2 heterocycles. The number of ether oxygens (including phenoxy) is 1. The molecule has 2 aromatic rings. The molecule has 116 valence electrons. The topological polar surface area (TPSA) is 60.2 Å². The fourth-order valence-corrected chi connectivity index (χ4v) is 3.38. The first-order valence-electron chi connectivity index (χ1n) is 8.05. The molecule has 1 aromatic heterocycles. The molecule has 5 nitrogen and oxygen atoms in total. The molecule has 1 aliphatic heterocycles. The Kier molecular flexibility index (Phi) is 3.68. The average Bonchev–Trinajstić information content (AvgIpc) is 3.03. The lowest BCUT2D eigenvalue weighted by Gasteiger charge is -2.38. The van der Waals surface area contributed by atoms with Crippen LogP contribution in [0.3, 0.4) is 0 Å². The van der Waals surface area contributed by atoms with Gasteiger partial charge in [0.15, 0.2) is 5.82 Å². The van der Waals surface area contributed by atoms with E-state index in [2.05, 4.69) is 40.8 Å². The Morgan fingerprint density at radius 2 is 2.09 bits per heavy atom. The van der Waals surface area contributed by atoms with Gasteiger partial charge in [0.2, 0.25) is 5.89 Å². The molecule has 1 saturated heterocycles. The van der Waals surface area contributed by atoms with Crippen LogP contribution in [0.2, 0.25) is 0 Å². The molecule has 1 aromatic carbocycles. The van der Waals surface area contributed by atoms with Gasteiger partial charge in [-0.05, 0) is 24.8 Å². The van der Waals surface area contributed by atoms with Crippen LogP contribution in [0.25, 0.3) is 0 Å². The summed E-state index contributed by atoms with van der Waals surface area (Å²) in [5, 5.41) is 7.58. The fourth-order valence-electron chi connectivity index (χ4n) is 3.38. The van der Waals surface area contributed by atoms with Gasteiger partial charge in [0.05, 0.1) is 24.7 Å². The van der Waals surface area contributed by atoms with E-state index < -0.39 is 0 Å². The zero-order chi connectivity index (χ0) is 14.8. The number of benzene rings is 1. The highest BCUT2D eigenvalue weighted by atomic mass is 16.5. The number of aromatic nitrogens is 2. The van der Waals surface area contributed by atoms with Crippen LogP contribution in [0.5, 0.6) is 0 Å². The summed E-state index contributed by atoms with van der Waals surface area (Å²) in [5.74, 6) is 1.53. The van der Waals surface area contributed by atoms with Crippen LogP contribution >= 0.6 is 0 Å². The van der Waals surface area contributed by atoms with Crippen LogP contribution in [0.15, 0.2) is 34.9 Å². The molecule has 1 atom stereocenters. The highest BCUT2D eigenvalue weighted by Crippen LogP contribution is 2.45. The molecule has 22 heavy (non-hydrogen) atoms. The van der Waals surface area contributed by atoms with Gasteiger partial charge in [0, 0.05) is 6.54 Å². The van der Waals surface area contributed by atoms with Crippen molar-refractivity contribution in [1.82, 2.24) is 15.5 Å². The zero-order valence-electron chi connectivity index (χ0n) is 12.6. The summed E-state index contributed by atoms with van der Waals surface area (Å²) >= 11 is 0. The number of hydrogen-bond donors (Lipinski definition) is 1. The molecule has 5 heteroatoms. The van der Waals surface area contributed by atoms with E-state index in [4.69, 9.17) is 14.2 Å². The first-order valence-corrected chi connectivity index (χ1v) is 8.05. The van der Waals surface area contributed by atoms with Crippen molar-refractivity contribution in [2.45, 2.75) is 37.1 Å². The quantitative estimate of drug-likeness (QED) is 0.939. The minimum atomic E-state index is 0.0299. The van der Waals surface area contributed by atoms with E-state index in [0.29, 0.717) is 6.61 Å². The summed E-state index contributed by atoms with van der Waals surface area (Å²) in [5.41, 5.74) is 1.36. The number of hydrogen-bond acceptors (Lipinski definition) is 5. The number of nitrogens with zero attached hydrogens (tertiary/aromatic N) is 2. The third kappa shape index (κ3) is 2.55. The first kappa shape index (κ1) is 13.9. The van der Waals surface area contributed by atoms with E-state index >= 15 is 0 Å². The molecular weight excluding hydrogens is 278 g/mol. The predicted molar refractivity (Wildman–Crippen MR) is 81.5 cm³/mol. The maximum atomic E-state index is 5.64. The molecule has 0 bridgehead atoms. The van der Waals surface area contributed by atoms with Gasteiger partial charge in [-0.15, -0.1) is 0 Å². The van der Waals surface area contributed by atoms with Gasteiger partial charge in [-0.3, -0.25) is 0 Å². The minimum absolute atomic E-state index is 0.0299. The summed E-state index contributed by atoms with van der Waals surface area (Å²) in [7, 11) is 0. The second-order valence-electron chi connectivity index (χ2n) is 6.34. The van der Waals surface area contributed by atoms with Crippen molar-refractivity contribution < 1.29 is 9.26 Å². The normalized spacial score (nSPS) is 23.9. The van der Waals surface area contributed by atoms with Gasteiger partial charge >= 0.3 is 0 Å². The fraction of sp³-hybridized carbons (Fsp3) is 0.529. The molecule has 4 rings (SSSR count). The largest absolute Gasteiger partial charge is 0.378 e. The molecular formula is C17H21N3O2. The molecule has 0 radical (unpaired) electrons. The van der Waals surface area contributed by atoms with Crippen LogP contribution in [0.4, 0.5) is 0 Å². The van der Waals surface area contributed by atoms with Crippen molar-refractivity contribution in [3.8, 4) is 0 Å². The molecule has 2 fully saturated rings. The second kappa shape index (κ2) is 5.82. The van der Waals surface area contributed by atoms with Gasteiger partial charge in [-0.2, -0.15) is 4.98 Å². The van der Waals surface area contributed by atoms with Crippen molar-refractivity contribution in [3.05, 3.63) is 47.6 Å². The molecule has 0 spiro atoms. The highest BCUT2D eigenvalue weighted by Gasteiger charge is 2.44. The van der Waals surface area contributed by atoms with Crippen molar-refractivity contribution in [3.63, 3.8) is 0 Å². The van der Waals surface area contributed by atoms with E-state index in [9.17, 15) is 0 Å². The van der Waals surface area contributed by atoms with E-state index in [-0.39, 0.29) is 11.5 Å². The molecule has 0 amide bonds. The third-order valence-corrected chi connectivity index (χ3v) is 4.82. The van der Waals surface area contributed by atoms with Crippen LogP contribution < -0.4 is 5.32 Å². The van der Waals surface area contributed by atoms with Crippen molar-refractivity contribution in [1.29, 1.82) is 0 Å². The van der Waals surface area contributed by atoms with E-state index in [0.717, 1.165) is 44.1 Å². The number of morpholine rings is 1. The number of rotatable bonds is 4. The van der Waals surface area contributed by atoms with Crippen molar-refractivity contribution >= 4 is 0 Å². The first-order chi connectivity index (χ1) is 10.9. The average molecular weight is 299 g/mol. The van der Waals surface area contributed by atoms with Gasteiger partial charge in [0.25, 0.3) is 0 Å². The summed E-state index contributed by atoms with van der Waals surface area (Å²) in [6, 6.07) is 10.6. The minimum Gasteiger partial charge on any atom is -0.378 e. The summed E-state index contributed by atoms with van der Waals surface area (Å²) in [6.07, 6.45) is 4.45. The summed E-state index contributed by atoms with van der Waals surface area (Å²) < 4.78 is 11.1. The lowest BCUT2D eigenvalue weighted by Crippen LogP contribution is -2.37. The summed E-state index contributed by atoms with van der Waals surface area (Å²) in [6.45, 7) is 2.20. The van der Waals surface area contributed by atoms with Crippen LogP contribution in [0.1, 0.15) is 42.6 Å². The van der Waals surface area contributed by atoms with Crippen LogP contribution in [-0.2, 0) is 16.6 Å². The van der Waals surface area contributed by atoms with Crippen molar-refractivity contribution in [2.75, 3.05) is 19.8 Å². The van der Waals surface area contributed by atoms with Gasteiger partial charge in [-0.25, -0.2) is 0 Å². The lowest BCUT2D eigenvalue weighted by molar-refractivity contribution is 0.0734. The Balaban J connectivity index is 1.55. The standard InChI is InChI=1S/C17H21N3O2/c1-2-5-13(6-3-1)11-17(7-4-8-17)16-19-15(20-22-16)14-12-21-10-9-18-14/h1-3,5-6,14,18H,4,7-12H2/t14-/m0/s1. The molecule has 0 unspecified atom stereocenters. The SMILES string of the molecule is c1ccc(CC2(c3nc([C@@H]4COCCN4)no3)CCC2)cc1. The maximum Gasteiger partial charge on any atom is 0.233 e. The monoisotopic (exact) mass is 299 g/mol. The molecule has 1 aliphatic carbocycles. The van der Waals surface area contributed by atoms with Crippen LogP contribution in [-0.4, -0.2) is 29.9 Å². The zero-order valence-corrected chi connectivity index (χ0v) is 12.6. The van der Waals surface area contributed by atoms with E-state index in [1.54, 1.807) is 0 Å². The lowest BCUT2D eigenvalue weighted by atomic mass is 9.65. The highest BCUT2D eigenvalue weighted by molar-refractivity contribution is 5.23. The Bertz CT molecular complexity index is 616. The number of nitrogens with one attached hydrogen (secondary N) is 1. The maximum absolute atomic E-state index is 5.64. The molecule has 1 N–H and O–H groups in total. The Morgan fingerprint density at radius 1 is 1.23 bits per heavy atom. The van der Waals surface area contributed by atoms with Crippen LogP contribution in [0, 0.1) is 0 Å². The predicted octanol–water partition coefficient (Wildman–Crippen LogP) is 2.39. The van der Waals surface area contributed by atoms with Gasteiger partial charge in [0.1, 0.15) is 0 Å². The Hall–Kier alpha value is -1.72. The van der Waals surface area contributed by atoms with E-state index in [1.807, 2.05) is 0 Å². The Morgan fingerprint density at radius 3 is 2.77 bits per heavy atom. The smallest absolute Gasteiger partial charge is 0.233 e. The Labute approximate surface area is 130 Å².